The number of alkyl halides is 1. The summed E-state index contributed by atoms with van der Waals surface area (Å²) in [5, 5.41) is 0.125. The van der Waals surface area contributed by atoms with Gasteiger partial charge in [0.05, 0.1) is 19.6 Å². The number of halogens is 1. The summed E-state index contributed by atoms with van der Waals surface area (Å²) in [6.45, 7) is 0. The largest absolute Gasteiger partial charge is 0.493 e. The van der Waals surface area contributed by atoms with Crippen molar-refractivity contribution in [2.45, 2.75) is 24.6 Å². The maximum atomic E-state index is 6.63. The molecule has 2 saturated carbocycles. The molecule has 3 rings (SSSR count). The van der Waals surface area contributed by atoms with Crippen LogP contribution in [-0.2, 0) is 0 Å². The number of fused-ring (bicyclic) bond motifs is 1. The van der Waals surface area contributed by atoms with Crippen molar-refractivity contribution in [2.75, 3.05) is 14.2 Å². The van der Waals surface area contributed by atoms with Gasteiger partial charge in [0.15, 0.2) is 11.5 Å². The Kier molecular flexibility index (Phi) is 3.14. The quantitative estimate of drug-likeness (QED) is 0.766. The van der Waals surface area contributed by atoms with Crippen LogP contribution in [0.4, 0.5) is 0 Å². The van der Waals surface area contributed by atoms with Crippen molar-refractivity contribution in [3.63, 3.8) is 0 Å². The van der Waals surface area contributed by atoms with E-state index in [1.165, 1.54) is 19.3 Å². The van der Waals surface area contributed by atoms with Crippen LogP contribution in [0.15, 0.2) is 18.2 Å². The summed E-state index contributed by atoms with van der Waals surface area (Å²) in [6, 6.07) is 6.03. The van der Waals surface area contributed by atoms with Crippen LogP contribution >= 0.6 is 11.6 Å². The maximum Gasteiger partial charge on any atom is 0.161 e. The molecule has 0 amide bonds. The molecule has 98 valence electrons. The second-order valence-electron chi connectivity index (χ2n) is 5.35. The second-order valence-corrected chi connectivity index (χ2v) is 5.82. The highest BCUT2D eigenvalue weighted by atomic mass is 35.5. The van der Waals surface area contributed by atoms with Gasteiger partial charge in [0.25, 0.3) is 0 Å². The highest BCUT2D eigenvalue weighted by molar-refractivity contribution is 6.21. The van der Waals surface area contributed by atoms with Crippen LogP contribution in [0.1, 0.15) is 30.2 Å². The molecule has 18 heavy (non-hydrogen) atoms. The summed E-state index contributed by atoms with van der Waals surface area (Å²) >= 11 is 6.63. The summed E-state index contributed by atoms with van der Waals surface area (Å²) in [7, 11) is 3.32. The van der Waals surface area contributed by atoms with Crippen molar-refractivity contribution in [1.29, 1.82) is 0 Å². The fourth-order valence-electron chi connectivity index (χ4n) is 3.56. The van der Waals surface area contributed by atoms with Crippen LogP contribution in [0.5, 0.6) is 11.5 Å². The summed E-state index contributed by atoms with van der Waals surface area (Å²) in [5.41, 5.74) is 1.16. The first-order valence-electron chi connectivity index (χ1n) is 6.62. The van der Waals surface area contributed by atoms with Crippen molar-refractivity contribution < 1.29 is 9.47 Å². The van der Waals surface area contributed by atoms with Gasteiger partial charge in [0.2, 0.25) is 0 Å². The minimum atomic E-state index is 0.125. The smallest absolute Gasteiger partial charge is 0.161 e. The van der Waals surface area contributed by atoms with Crippen molar-refractivity contribution in [3.05, 3.63) is 23.8 Å². The summed E-state index contributed by atoms with van der Waals surface area (Å²) in [5.74, 6) is 3.97. The molecule has 2 nitrogen and oxygen atoms in total. The van der Waals surface area contributed by atoms with Gasteiger partial charge >= 0.3 is 0 Å². The molecule has 0 spiro atoms. The first kappa shape index (κ1) is 12.2. The predicted molar refractivity (Wildman–Crippen MR) is 72.5 cm³/mol. The molecule has 2 fully saturated rings. The molecule has 0 saturated heterocycles. The van der Waals surface area contributed by atoms with Crippen LogP contribution < -0.4 is 9.47 Å². The van der Waals surface area contributed by atoms with Gasteiger partial charge in [-0.05, 0) is 48.3 Å². The molecule has 3 unspecified atom stereocenters. The Morgan fingerprint density at radius 2 is 1.78 bits per heavy atom. The van der Waals surface area contributed by atoms with Gasteiger partial charge < -0.3 is 9.47 Å². The van der Waals surface area contributed by atoms with Gasteiger partial charge in [-0.1, -0.05) is 12.5 Å². The molecule has 0 radical (unpaired) electrons. The maximum absolute atomic E-state index is 6.63. The molecular weight excluding hydrogens is 248 g/mol. The van der Waals surface area contributed by atoms with Gasteiger partial charge in [-0.2, -0.15) is 0 Å². The Balaban J connectivity index is 1.79. The van der Waals surface area contributed by atoms with Crippen molar-refractivity contribution >= 4 is 11.6 Å². The lowest BCUT2D eigenvalue weighted by molar-refractivity contribution is 0.354. The number of hydrogen-bond acceptors (Lipinski definition) is 2. The molecule has 0 heterocycles. The SMILES string of the molecule is COc1ccc(C(Cl)C2C3CCCC32)cc1OC. The lowest BCUT2D eigenvalue weighted by Gasteiger charge is -2.14. The van der Waals surface area contributed by atoms with E-state index in [4.69, 9.17) is 21.1 Å². The van der Waals surface area contributed by atoms with Gasteiger partial charge in [0.1, 0.15) is 0 Å². The molecular formula is C15H19ClO2. The second kappa shape index (κ2) is 4.65. The fourth-order valence-corrected chi connectivity index (χ4v) is 4.07. The zero-order chi connectivity index (χ0) is 12.7. The highest BCUT2D eigenvalue weighted by Crippen LogP contribution is 2.64. The van der Waals surface area contributed by atoms with E-state index in [9.17, 15) is 0 Å². The molecule has 0 aliphatic heterocycles. The van der Waals surface area contributed by atoms with Gasteiger partial charge in [-0.25, -0.2) is 0 Å². The molecule has 3 heteroatoms. The van der Waals surface area contributed by atoms with E-state index in [2.05, 4.69) is 6.07 Å². The minimum Gasteiger partial charge on any atom is -0.493 e. The molecule has 2 aliphatic rings. The van der Waals surface area contributed by atoms with Crippen LogP contribution in [0.2, 0.25) is 0 Å². The van der Waals surface area contributed by atoms with Crippen molar-refractivity contribution in [2.24, 2.45) is 17.8 Å². The fraction of sp³-hybridized carbons (Fsp3) is 0.600. The zero-order valence-corrected chi connectivity index (χ0v) is 11.6. The first-order chi connectivity index (χ1) is 8.76. The number of rotatable bonds is 4. The number of methoxy groups -OCH3 is 2. The Morgan fingerprint density at radius 1 is 1.11 bits per heavy atom. The first-order valence-corrected chi connectivity index (χ1v) is 7.06. The van der Waals surface area contributed by atoms with E-state index >= 15 is 0 Å². The molecule has 2 aliphatic carbocycles. The lowest BCUT2D eigenvalue weighted by Crippen LogP contribution is -2.00. The topological polar surface area (TPSA) is 18.5 Å². The third-order valence-electron chi connectivity index (χ3n) is 4.54. The van der Waals surface area contributed by atoms with E-state index in [0.29, 0.717) is 5.92 Å². The summed E-state index contributed by atoms with van der Waals surface area (Å²) in [6.07, 6.45) is 4.12. The monoisotopic (exact) mass is 266 g/mol. The van der Waals surface area contributed by atoms with Crippen LogP contribution in [0.25, 0.3) is 0 Å². The number of benzene rings is 1. The van der Waals surface area contributed by atoms with Gasteiger partial charge in [-0.15, -0.1) is 11.6 Å². The van der Waals surface area contributed by atoms with E-state index < -0.39 is 0 Å². The van der Waals surface area contributed by atoms with Gasteiger partial charge in [0, 0.05) is 0 Å². The Bertz CT molecular complexity index is 436. The Labute approximate surface area is 113 Å². The minimum absolute atomic E-state index is 0.125. The van der Waals surface area contributed by atoms with E-state index in [0.717, 1.165) is 28.9 Å². The molecule has 1 aromatic rings. The molecule has 0 aromatic heterocycles. The average molecular weight is 267 g/mol. The van der Waals surface area contributed by atoms with Crippen molar-refractivity contribution in [3.8, 4) is 11.5 Å². The predicted octanol–water partition coefficient (Wildman–Crippen LogP) is 4.03. The summed E-state index contributed by atoms with van der Waals surface area (Å²) < 4.78 is 10.6. The number of hydrogen-bond donors (Lipinski definition) is 0. The Hall–Kier alpha value is -0.890. The van der Waals surface area contributed by atoms with E-state index in [1.54, 1.807) is 14.2 Å². The van der Waals surface area contributed by atoms with E-state index in [1.807, 2.05) is 12.1 Å². The highest BCUT2D eigenvalue weighted by Gasteiger charge is 2.55. The molecule has 0 N–H and O–H groups in total. The molecule has 1 aromatic carbocycles. The van der Waals surface area contributed by atoms with Gasteiger partial charge in [-0.3, -0.25) is 0 Å². The molecule has 3 atom stereocenters. The zero-order valence-electron chi connectivity index (χ0n) is 10.9. The van der Waals surface area contributed by atoms with E-state index in [-0.39, 0.29) is 5.38 Å². The molecule has 0 bridgehead atoms. The standard InChI is InChI=1S/C15H19ClO2/c1-17-12-7-6-9(8-13(12)18-2)15(16)14-10-4-3-5-11(10)14/h6-8,10-11,14-15H,3-5H2,1-2H3. The van der Waals surface area contributed by atoms with Crippen LogP contribution in [0.3, 0.4) is 0 Å². The van der Waals surface area contributed by atoms with Crippen LogP contribution in [0, 0.1) is 17.8 Å². The third-order valence-corrected chi connectivity index (χ3v) is 5.08. The Morgan fingerprint density at radius 3 is 2.39 bits per heavy atom. The number of ether oxygens (including phenoxy) is 2. The summed E-state index contributed by atoms with van der Waals surface area (Å²) in [4.78, 5) is 0. The lowest BCUT2D eigenvalue weighted by atomic mass is 10.0. The van der Waals surface area contributed by atoms with Crippen LogP contribution in [-0.4, -0.2) is 14.2 Å². The van der Waals surface area contributed by atoms with Crippen molar-refractivity contribution in [1.82, 2.24) is 0 Å². The normalized spacial score (nSPS) is 30.7. The average Bonchev–Trinajstić information content (AvgIpc) is 2.89. The third kappa shape index (κ3) is 1.87.